The van der Waals surface area contributed by atoms with Gasteiger partial charge in [-0.2, -0.15) is 0 Å². The highest BCUT2D eigenvalue weighted by Crippen LogP contribution is 2.31. The van der Waals surface area contributed by atoms with Crippen LogP contribution in [0.4, 0.5) is 0 Å². The van der Waals surface area contributed by atoms with Crippen LogP contribution in [0.5, 0.6) is 5.75 Å². The Morgan fingerprint density at radius 2 is 1.97 bits per heavy atom. The lowest BCUT2D eigenvalue weighted by Crippen LogP contribution is -2.45. The van der Waals surface area contributed by atoms with E-state index in [1.807, 2.05) is 18.2 Å². The van der Waals surface area contributed by atoms with E-state index in [1.54, 1.807) is 19.0 Å². The molecule has 0 bridgehead atoms. The summed E-state index contributed by atoms with van der Waals surface area (Å²) < 4.78 is 5.76. The van der Waals surface area contributed by atoms with Crippen molar-refractivity contribution < 1.29 is 9.53 Å². The van der Waals surface area contributed by atoms with Gasteiger partial charge in [0.05, 0.1) is 25.7 Å². The number of fused-ring (bicyclic) bond motifs is 1. The maximum absolute atomic E-state index is 12.1. The van der Waals surface area contributed by atoms with Crippen molar-refractivity contribution in [3.05, 3.63) is 64.7 Å². The summed E-state index contributed by atoms with van der Waals surface area (Å²) in [6, 6.07) is 14.5. The molecule has 0 spiro atoms. The zero-order valence-corrected chi connectivity index (χ0v) is 20.4. The number of ether oxygens (including phenoxy) is 1. The number of amides is 1. The minimum absolute atomic E-state index is 0. The maximum Gasteiger partial charge on any atom is 0.241 e. The largest absolute Gasteiger partial charge is 0.493 e. The predicted octanol–water partition coefficient (Wildman–Crippen LogP) is 3.57. The van der Waals surface area contributed by atoms with Gasteiger partial charge in [0.2, 0.25) is 5.91 Å². The SMILES string of the molecule is Cc1ccc(CN=C(NCC(=O)N(C)C)NC2CCOc3ccccc32)c(C)c1.I. The fraction of sp³-hybridized carbons (Fsp3) is 0.391. The molecule has 0 saturated heterocycles. The molecular formula is C23H31IN4O2. The fourth-order valence-corrected chi connectivity index (χ4v) is 3.31. The molecule has 1 atom stereocenters. The highest BCUT2D eigenvalue weighted by Gasteiger charge is 2.22. The number of nitrogens with one attached hydrogen (secondary N) is 2. The minimum Gasteiger partial charge on any atom is -0.493 e. The second-order valence-electron chi connectivity index (χ2n) is 7.61. The van der Waals surface area contributed by atoms with Gasteiger partial charge >= 0.3 is 0 Å². The molecule has 0 radical (unpaired) electrons. The average molecular weight is 522 g/mol. The van der Waals surface area contributed by atoms with Crippen LogP contribution in [-0.2, 0) is 11.3 Å². The second-order valence-corrected chi connectivity index (χ2v) is 7.61. The van der Waals surface area contributed by atoms with Gasteiger partial charge in [-0.05, 0) is 31.0 Å². The molecule has 1 aliphatic rings. The van der Waals surface area contributed by atoms with E-state index >= 15 is 0 Å². The third-order valence-electron chi connectivity index (χ3n) is 5.08. The van der Waals surface area contributed by atoms with Crippen molar-refractivity contribution in [2.75, 3.05) is 27.2 Å². The Labute approximate surface area is 196 Å². The zero-order valence-electron chi connectivity index (χ0n) is 18.1. The van der Waals surface area contributed by atoms with E-state index in [0.29, 0.717) is 19.1 Å². The lowest BCUT2D eigenvalue weighted by molar-refractivity contribution is -0.127. The molecule has 2 aromatic rings. The molecule has 3 rings (SSSR count). The summed E-state index contributed by atoms with van der Waals surface area (Å²) in [5, 5.41) is 6.68. The first-order valence-corrected chi connectivity index (χ1v) is 9.97. The average Bonchev–Trinajstić information content (AvgIpc) is 2.70. The number of rotatable bonds is 5. The number of guanidine groups is 1. The van der Waals surface area contributed by atoms with Crippen LogP contribution < -0.4 is 15.4 Å². The first kappa shape index (κ1) is 24.0. The van der Waals surface area contributed by atoms with Crippen molar-refractivity contribution >= 4 is 35.8 Å². The highest BCUT2D eigenvalue weighted by atomic mass is 127. The first-order valence-electron chi connectivity index (χ1n) is 9.97. The van der Waals surface area contributed by atoms with E-state index in [2.05, 4.69) is 48.7 Å². The molecule has 0 fully saturated rings. The Morgan fingerprint density at radius 3 is 2.70 bits per heavy atom. The summed E-state index contributed by atoms with van der Waals surface area (Å²) in [5.41, 5.74) is 4.73. The lowest BCUT2D eigenvalue weighted by Gasteiger charge is -2.28. The molecular weight excluding hydrogens is 491 g/mol. The number of hydrogen-bond acceptors (Lipinski definition) is 3. The molecule has 1 amide bonds. The molecule has 1 heterocycles. The molecule has 7 heteroatoms. The van der Waals surface area contributed by atoms with Gasteiger partial charge in [-0.15, -0.1) is 24.0 Å². The minimum atomic E-state index is -0.00149. The molecule has 0 aliphatic carbocycles. The molecule has 2 N–H and O–H groups in total. The standard InChI is InChI=1S/C23H30N4O2.HI/c1-16-9-10-18(17(2)13-16)14-24-23(25-15-22(28)27(3)4)26-20-11-12-29-21-8-6-5-7-19(20)21;/h5-10,13,20H,11-12,14-15H2,1-4H3,(H2,24,25,26);1H. The van der Waals surface area contributed by atoms with Gasteiger partial charge in [-0.3, -0.25) is 4.79 Å². The number of likely N-dealkylation sites (N-methyl/N-ethyl adjacent to an activating group) is 1. The van der Waals surface area contributed by atoms with Gasteiger partial charge in [-0.1, -0.05) is 42.0 Å². The Bertz CT molecular complexity index is 899. The number of carbonyl (C=O) groups excluding carboxylic acids is 1. The summed E-state index contributed by atoms with van der Waals surface area (Å²) >= 11 is 0. The normalized spacial score (nSPS) is 15.3. The second kappa shape index (κ2) is 11.2. The maximum atomic E-state index is 12.1. The summed E-state index contributed by atoms with van der Waals surface area (Å²) in [6.45, 7) is 5.57. The molecule has 0 saturated carbocycles. The number of carbonyl (C=O) groups is 1. The Hall–Kier alpha value is -2.29. The number of para-hydroxylation sites is 1. The van der Waals surface area contributed by atoms with Gasteiger partial charge in [0.25, 0.3) is 0 Å². The van der Waals surface area contributed by atoms with E-state index in [1.165, 1.54) is 16.7 Å². The molecule has 30 heavy (non-hydrogen) atoms. The fourth-order valence-electron chi connectivity index (χ4n) is 3.31. The summed E-state index contributed by atoms with van der Waals surface area (Å²) in [7, 11) is 3.50. The predicted molar refractivity (Wildman–Crippen MR) is 132 cm³/mol. The topological polar surface area (TPSA) is 66.0 Å². The van der Waals surface area contributed by atoms with Crippen molar-refractivity contribution in [3.8, 4) is 5.75 Å². The zero-order chi connectivity index (χ0) is 20.8. The number of hydrogen-bond donors (Lipinski definition) is 2. The Morgan fingerprint density at radius 1 is 1.20 bits per heavy atom. The van der Waals surface area contributed by atoms with Gasteiger partial charge in [0.1, 0.15) is 5.75 Å². The Balaban J connectivity index is 0.00000320. The number of nitrogens with zero attached hydrogens (tertiary/aromatic N) is 2. The van der Waals surface area contributed by atoms with Crippen molar-refractivity contribution in [2.24, 2.45) is 4.99 Å². The van der Waals surface area contributed by atoms with Crippen LogP contribution in [0.15, 0.2) is 47.5 Å². The van der Waals surface area contributed by atoms with Crippen molar-refractivity contribution in [2.45, 2.75) is 32.9 Å². The van der Waals surface area contributed by atoms with Crippen LogP contribution in [0.25, 0.3) is 0 Å². The van der Waals surface area contributed by atoms with Crippen LogP contribution >= 0.6 is 24.0 Å². The van der Waals surface area contributed by atoms with Crippen LogP contribution in [0.3, 0.4) is 0 Å². The van der Waals surface area contributed by atoms with Crippen LogP contribution in [0.2, 0.25) is 0 Å². The molecule has 162 valence electrons. The van der Waals surface area contributed by atoms with Gasteiger partial charge in [-0.25, -0.2) is 4.99 Å². The number of aliphatic imine (C=N–C) groups is 1. The third-order valence-corrected chi connectivity index (χ3v) is 5.08. The molecule has 2 aromatic carbocycles. The first-order chi connectivity index (χ1) is 13.9. The van der Waals surface area contributed by atoms with Crippen molar-refractivity contribution in [1.29, 1.82) is 0 Å². The Kier molecular flexibility index (Phi) is 8.95. The molecule has 1 unspecified atom stereocenters. The van der Waals surface area contributed by atoms with Crippen LogP contribution in [0.1, 0.15) is 34.7 Å². The highest BCUT2D eigenvalue weighted by molar-refractivity contribution is 14.0. The van der Waals surface area contributed by atoms with E-state index in [4.69, 9.17) is 9.73 Å². The van der Waals surface area contributed by atoms with Crippen LogP contribution in [0, 0.1) is 13.8 Å². The monoisotopic (exact) mass is 522 g/mol. The van der Waals surface area contributed by atoms with E-state index < -0.39 is 0 Å². The van der Waals surface area contributed by atoms with E-state index in [0.717, 1.165) is 17.7 Å². The van der Waals surface area contributed by atoms with Gasteiger partial charge < -0.3 is 20.3 Å². The summed E-state index contributed by atoms with van der Waals surface area (Å²) in [6.07, 6.45) is 0.836. The third kappa shape index (κ3) is 6.35. The lowest BCUT2D eigenvalue weighted by atomic mass is 10.0. The van der Waals surface area contributed by atoms with Crippen LogP contribution in [-0.4, -0.2) is 44.0 Å². The summed E-state index contributed by atoms with van der Waals surface area (Å²) in [5.74, 6) is 1.52. The molecule has 6 nitrogen and oxygen atoms in total. The number of aryl methyl sites for hydroxylation is 2. The number of benzene rings is 2. The van der Waals surface area contributed by atoms with E-state index in [9.17, 15) is 4.79 Å². The van der Waals surface area contributed by atoms with Gasteiger partial charge in [0.15, 0.2) is 5.96 Å². The molecule has 1 aliphatic heterocycles. The van der Waals surface area contributed by atoms with Gasteiger partial charge in [0, 0.05) is 26.1 Å². The smallest absolute Gasteiger partial charge is 0.241 e. The molecule has 0 aromatic heterocycles. The van der Waals surface area contributed by atoms with E-state index in [-0.39, 0.29) is 42.5 Å². The number of halogens is 1. The summed E-state index contributed by atoms with van der Waals surface area (Å²) in [4.78, 5) is 18.4. The van der Waals surface area contributed by atoms with Crippen molar-refractivity contribution in [1.82, 2.24) is 15.5 Å². The quantitative estimate of drug-likeness (QED) is 0.358. The van der Waals surface area contributed by atoms with Crippen molar-refractivity contribution in [3.63, 3.8) is 0 Å².